The number of aromatic nitrogens is 2. The fourth-order valence-electron chi connectivity index (χ4n) is 4.45. The van der Waals surface area contributed by atoms with Gasteiger partial charge in [0.05, 0.1) is 17.3 Å². The van der Waals surface area contributed by atoms with Crippen molar-refractivity contribution in [2.24, 2.45) is 5.92 Å². The Bertz CT molecular complexity index is 1190. The van der Waals surface area contributed by atoms with Gasteiger partial charge in [0.1, 0.15) is 5.58 Å². The minimum absolute atomic E-state index is 0.00430. The van der Waals surface area contributed by atoms with Crippen LogP contribution in [0.5, 0.6) is 0 Å². The number of hydrogen-bond acceptors (Lipinski definition) is 6. The predicted octanol–water partition coefficient (Wildman–Crippen LogP) is 2.67. The molecule has 0 unspecified atom stereocenters. The van der Waals surface area contributed by atoms with Crippen molar-refractivity contribution >= 4 is 16.9 Å². The highest BCUT2D eigenvalue weighted by Gasteiger charge is 2.24. The van der Waals surface area contributed by atoms with E-state index in [4.69, 9.17) is 9.40 Å². The molecule has 7 nitrogen and oxygen atoms in total. The molecule has 5 rings (SSSR count). The molecule has 1 aromatic carbocycles. The van der Waals surface area contributed by atoms with Crippen molar-refractivity contribution in [3.8, 4) is 0 Å². The molecule has 2 aromatic heterocycles. The Labute approximate surface area is 174 Å². The summed E-state index contributed by atoms with van der Waals surface area (Å²) in [4.78, 5) is 37.6. The standard InChI is InChI=1S/C23H26N4O3/c1-15-6-10-27(11-7-15)23-24-19-13-26(9-8-17(19)22(29)25-23)12-16-14-30-20-5-3-2-4-18(20)21(16)28/h2-5,14-15H,6-13H2,1H3,(H,24,25,29). The van der Waals surface area contributed by atoms with Gasteiger partial charge in [0, 0.05) is 43.9 Å². The molecule has 0 spiro atoms. The lowest BCUT2D eigenvalue weighted by atomic mass is 9.99. The second-order valence-electron chi connectivity index (χ2n) is 8.53. The van der Waals surface area contributed by atoms with Crippen LogP contribution >= 0.6 is 0 Å². The lowest BCUT2D eigenvalue weighted by molar-refractivity contribution is 0.238. The van der Waals surface area contributed by atoms with E-state index in [9.17, 15) is 9.59 Å². The Hall–Kier alpha value is -2.93. The highest BCUT2D eigenvalue weighted by Crippen LogP contribution is 2.22. The molecule has 1 saturated heterocycles. The van der Waals surface area contributed by atoms with Gasteiger partial charge in [-0.1, -0.05) is 19.1 Å². The largest absolute Gasteiger partial charge is 0.464 e. The van der Waals surface area contributed by atoms with Crippen molar-refractivity contribution in [3.63, 3.8) is 0 Å². The number of anilines is 1. The molecular weight excluding hydrogens is 380 g/mol. The Morgan fingerprint density at radius 1 is 1.17 bits per heavy atom. The van der Waals surface area contributed by atoms with Crippen molar-refractivity contribution < 1.29 is 4.42 Å². The Morgan fingerprint density at radius 3 is 2.80 bits per heavy atom. The fourth-order valence-corrected chi connectivity index (χ4v) is 4.45. The Balaban J connectivity index is 1.39. The summed E-state index contributed by atoms with van der Waals surface area (Å²) in [5.74, 6) is 1.40. The number of benzene rings is 1. The van der Waals surface area contributed by atoms with Crippen LogP contribution in [0.1, 0.15) is 36.6 Å². The van der Waals surface area contributed by atoms with Gasteiger partial charge in [0.25, 0.3) is 5.56 Å². The second-order valence-corrected chi connectivity index (χ2v) is 8.53. The molecule has 2 aliphatic rings. The Morgan fingerprint density at radius 2 is 1.97 bits per heavy atom. The average molecular weight is 406 g/mol. The molecule has 0 bridgehead atoms. The molecule has 0 atom stereocenters. The van der Waals surface area contributed by atoms with Gasteiger partial charge in [0.2, 0.25) is 5.95 Å². The van der Waals surface area contributed by atoms with Crippen molar-refractivity contribution in [3.05, 3.63) is 67.9 Å². The monoisotopic (exact) mass is 406 g/mol. The minimum Gasteiger partial charge on any atom is -0.464 e. The fraction of sp³-hybridized carbons (Fsp3) is 0.435. The van der Waals surface area contributed by atoms with Gasteiger partial charge in [-0.15, -0.1) is 0 Å². The zero-order valence-electron chi connectivity index (χ0n) is 17.2. The smallest absolute Gasteiger partial charge is 0.255 e. The molecule has 30 heavy (non-hydrogen) atoms. The first-order valence-corrected chi connectivity index (χ1v) is 10.7. The third-order valence-corrected chi connectivity index (χ3v) is 6.37. The topological polar surface area (TPSA) is 82.4 Å². The zero-order chi connectivity index (χ0) is 20.7. The van der Waals surface area contributed by atoms with E-state index in [-0.39, 0.29) is 11.0 Å². The number of piperidine rings is 1. The van der Waals surface area contributed by atoms with Crippen LogP contribution < -0.4 is 15.9 Å². The molecule has 0 amide bonds. The highest BCUT2D eigenvalue weighted by atomic mass is 16.3. The maximum Gasteiger partial charge on any atom is 0.255 e. The molecule has 1 N–H and O–H groups in total. The van der Waals surface area contributed by atoms with Crippen molar-refractivity contribution in [2.75, 3.05) is 24.5 Å². The first-order chi connectivity index (χ1) is 14.6. The molecule has 0 aliphatic carbocycles. The number of para-hydroxylation sites is 1. The van der Waals surface area contributed by atoms with Gasteiger partial charge in [-0.05, 0) is 37.3 Å². The van der Waals surface area contributed by atoms with E-state index in [0.29, 0.717) is 48.5 Å². The van der Waals surface area contributed by atoms with Crippen molar-refractivity contribution in [1.29, 1.82) is 0 Å². The van der Waals surface area contributed by atoms with Gasteiger partial charge in [-0.25, -0.2) is 4.98 Å². The van der Waals surface area contributed by atoms with Crippen LogP contribution in [0.25, 0.3) is 11.0 Å². The minimum atomic E-state index is -0.0292. The maximum absolute atomic E-state index is 12.8. The van der Waals surface area contributed by atoms with Crippen LogP contribution in [0, 0.1) is 5.92 Å². The summed E-state index contributed by atoms with van der Waals surface area (Å²) in [5, 5.41) is 0.601. The van der Waals surface area contributed by atoms with E-state index >= 15 is 0 Å². The van der Waals surface area contributed by atoms with Gasteiger partial charge in [-0.2, -0.15) is 0 Å². The predicted molar refractivity (Wildman–Crippen MR) is 116 cm³/mol. The second kappa shape index (κ2) is 7.72. The van der Waals surface area contributed by atoms with Crippen molar-refractivity contribution in [2.45, 2.75) is 39.3 Å². The number of H-pyrrole nitrogens is 1. The summed E-state index contributed by atoms with van der Waals surface area (Å²) in [6.07, 6.45) is 4.43. The lowest BCUT2D eigenvalue weighted by Gasteiger charge is -2.32. The summed E-state index contributed by atoms with van der Waals surface area (Å²) in [7, 11) is 0. The van der Waals surface area contributed by atoms with Crippen molar-refractivity contribution in [1.82, 2.24) is 14.9 Å². The van der Waals surface area contributed by atoms with Gasteiger partial charge in [0.15, 0.2) is 5.43 Å². The highest BCUT2D eigenvalue weighted by molar-refractivity contribution is 5.76. The van der Waals surface area contributed by atoms with Crippen LogP contribution in [0.3, 0.4) is 0 Å². The van der Waals surface area contributed by atoms with E-state index in [1.54, 1.807) is 18.4 Å². The summed E-state index contributed by atoms with van der Waals surface area (Å²) in [5.41, 5.74) is 2.80. The number of aromatic amines is 1. The first-order valence-electron chi connectivity index (χ1n) is 10.7. The molecule has 4 heterocycles. The average Bonchev–Trinajstić information content (AvgIpc) is 2.76. The molecular formula is C23H26N4O3. The molecule has 1 fully saturated rings. The molecule has 7 heteroatoms. The SMILES string of the molecule is CC1CCN(c2nc3c(c(=O)[nH]2)CCN(Cc2coc4ccccc4c2=O)C3)CC1. The number of rotatable bonds is 3. The first kappa shape index (κ1) is 19.1. The van der Waals surface area contributed by atoms with Crippen LogP contribution in [0.15, 0.2) is 44.5 Å². The molecule has 0 saturated carbocycles. The van der Waals surface area contributed by atoms with Gasteiger partial charge < -0.3 is 9.32 Å². The Kier molecular flexibility index (Phi) is 4.90. The van der Waals surface area contributed by atoms with E-state index < -0.39 is 0 Å². The van der Waals surface area contributed by atoms with E-state index in [1.165, 1.54) is 0 Å². The number of hydrogen-bond donors (Lipinski definition) is 1. The number of nitrogens with zero attached hydrogens (tertiary/aromatic N) is 3. The molecule has 0 radical (unpaired) electrons. The zero-order valence-corrected chi connectivity index (χ0v) is 17.2. The quantitative estimate of drug-likeness (QED) is 0.720. The van der Waals surface area contributed by atoms with Gasteiger partial charge in [-0.3, -0.25) is 19.5 Å². The van der Waals surface area contributed by atoms with Crippen LogP contribution in [0.2, 0.25) is 0 Å². The van der Waals surface area contributed by atoms with E-state index in [2.05, 4.69) is 21.7 Å². The van der Waals surface area contributed by atoms with Crippen LogP contribution in [-0.4, -0.2) is 34.5 Å². The van der Waals surface area contributed by atoms with Crippen LogP contribution in [-0.2, 0) is 19.5 Å². The third kappa shape index (κ3) is 3.54. The van der Waals surface area contributed by atoms with E-state index in [0.717, 1.165) is 43.1 Å². The molecule has 156 valence electrons. The summed E-state index contributed by atoms with van der Waals surface area (Å²) in [6.45, 7) is 5.86. The molecule has 3 aromatic rings. The number of nitrogens with one attached hydrogen (secondary N) is 1. The lowest BCUT2D eigenvalue weighted by Crippen LogP contribution is -2.39. The van der Waals surface area contributed by atoms with Gasteiger partial charge >= 0.3 is 0 Å². The summed E-state index contributed by atoms with van der Waals surface area (Å²) in [6, 6.07) is 7.30. The van der Waals surface area contributed by atoms with Crippen LogP contribution in [0.4, 0.5) is 5.95 Å². The summed E-state index contributed by atoms with van der Waals surface area (Å²) >= 11 is 0. The third-order valence-electron chi connectivity index (χ3n) is 6.37. The summed E-state index contributed by atoms with van der Waals surface area (Å²) < 4.78 is 5.66. The maximum atomic E-state index is 12.8. The van der Waals surface area contributed by atoms with E-state index in [1.807, 2.05) is 12.1 Å². The number of fused-ring (bicyclic) bond motifs is 2. The normalized spacial score (nSPS) is 18.0. The molecule has 2 aliphatic heterocycles.